The predicted molar refractivity (Wildman–Crippen MR) is 95.1 cm³/mol. The van der Waals surface area contributed by atoms with E-state index in [4.69, 9.17) is 5.10 Å². The van der Waals surface area contributed by atoms with E-state index in [1.807, 2.05) is 6.07 Å². The minimum absolute atomic E-state index is 0.871. The Kier molecular flexibility index (Phi) is 3.43. The Labute approximate surface area is 136 Å². The summed E-state index contributed by atoms with van der Waals surface area (Å²) in [6.07, 6.45) is 0.871. The van der Waals surface area contributed by atoms with Crippen molar-refractivity contribution in [2.24, 2.45) is 0 Å². The van der Waals surface area contributed by atoms with Crippen LogP contribution in [0.2, 0.25) is 0 Å². The summed E-state index contributed by atoms with van der Waals surface area (Å²) >= 11 is 0. The van der Waals surface area contributed by atoms with Gasteiger partial charge in [-0.1, -0.05) is 60.2 Å². The third-order valence-corrected chi connectivity index (χ3v) is 4.14. The summed E-state index contributed by atoms with van der Waals surface area (Å²) in [5.74, 6) is 0. The van der Waals surface area contributed by atoms with Crippen molar-refractivity contribution in [3.63, 3.8) is 0 Å². The fourth-order valence-corrected chi connectivity index (χ4v) is 2.99. The third-order valence-electron chi connectivity index (χ3n) is 4.14. The molecule has 0 amide bonds. The largest absolute Gasteiger partial charge is 0.236 e. The van der Waals surface area contributed by atoms with Crippen LogP contribution in [0.25, 0.3) is 16.6 Å². The normalized spacial score (nSPS) is 11.0. The maximum absolute atomic E-state index is 4.84. The molecule has 0 spiro atoms. The molecule has 0 aliphatic rings. The molecule has 0 aliphatic heterocycles. The van der Waals surface area contributed by atoms with Crippen molar-refractivity contribution in [1.29, 1.82) is 0 Å². The molecule has 0 aliphatic carbocycles. The van der Waals surface area contributed by atoms with Crippen LogP contribution in [0, 0.1) is 6.92 Å². The Morgan fingerprint density at radius 3 is 2.26 bits per heavy atom. The predicted octanol–water partition coefficient (Wildman–Crippen LogP) is 4.92. The topological polar surface area (TPSA) is 17.8 Å². The molecule has 0 atom stereocenters. The van der Waals surface area contributed by atoms with E-state index in [9.17, 15) is 0 Å². The SMILES string of the molecule is Cc1ccc2nn(-c3ccccc3)c(Cc3ccccc3)c2c1. The molecule has 2 heteroatoms. The molecule has 1 heterocycles. The van der Waals surface area contributed by atoms with Crippen molar-refractivity contribution >= 4 is 10.9 Å². The molecule has 4 rings (SSSR count). The molecule has 1 aromatic heterocycles. The summed E-state index contributed by atoms with van der Waals surface area (Å²) in [4.78, 5) is 0. The van der Waals surface area contributed by atoms with Crippen molar-refractivity contribution in [1.82, 2.24) is 9.78 Å². The maximum Gasteiger partial charge on any atom is 0.0931 e. The first-order valence-electron chi connectivity index (χ1n) is 7.89. The highest BCUT2D eigenvalue weighted by molar-refractivity contribution is 5.83. The van der Waals surface area contributed by atoms with Gasteiger partial charge in [0, 0.05) is 11.8 Å². The number of rotatable bonds is 3. The van der Waals surface area contributed by atoms with E-state index >= 15 is 0 Å². The Morgan fingerprint density at radius 1 is 0.826 bits per heavy atom. The summed E-state index contributed by atoms with van der Waals surface area (Å²) < 4.78 is 2.08. The Hall–Kier alpha value is -2.87. The number of hydrogen-bond acceptors (Lipinski definition) is 1. The molecule has 0 saturated heterocycles. The highest BCUT2D eigenvalue weighted by Crippen LogP contribution is 2.25. The second-order valence-corrected chi connectivity index (χ2v) is 5.88. The minimum atomic E-state index is 0.871. The molecule has 23 heavy (non-hydrogen) atoms. The van der Waals surface area contributed by atoms with Crippen LogP contribution >= 0.6 is 0 Å². The number of benzene rings is 3. The van der Waals surface area contributed by atoms with Gasteiger partial charge in [0.15, 0.2) is 0 Å². The minimum Gasteiger partial charge on any atom is -0.236 e. The van der Waals surface area contributed by atoms with Crippen LogP contribution < -0.4 is 0 Å². The molecule has 2 nitrogen and oxygen atoms in total. The van der Waals surface area contributed by atoms with Gasteiger partial charge in [0.25, 0.3) is 0 Å². The van der Waals surface area contributed by atoms with Crippen molar-refractivity contribution < 1.29 is 0 Å². The summed E-state index contributed by atoms with van der Waals surface area (Å²) in [5.41, 5.74) is 5.95. The van der Waals surface area contributed by atoms with Gasteiger partial charge in [-0.05, 0) is 36.8 Å². The quantitative estimate of drug-likeness (QED) is 0.524. The Bertz CT molecular complexity index is 938. The number of para-hydroxylation sites is 1. The van der Waals surface area contributed by atoms with Crippen LogP contribution in [0.3, 0.4) is 0 Å². The van der Waals surface area contributed by atoms with E-state index in [1.165, 1.54) is 22.2 Å². The highest BCUT2D eigenvalue weighted by Gasteiger charge is 2.13. The van der Waals surface area contributed by atoms with Crippen molar-refractivity contribution in [3.8, 4) is 5.69 Å². The van der Waals surface area contributed by atoms with Crippen LogP contribution in [0.15, 0.2) is 78.9 Å². The van der Waals surface area contributed by atoms with Gasteiger partial charge in [0.1, 0.15) is 0 Å². The average molecular weight is 298 g/mol. The summed E-state index contributed by atoms with van der Waals surface area (Å²) in [6.45, 7) is 2.13. The van der Waals surface area contributed by atoms with Crippen LogP contribution in [0.1, 0.15) is 16.8 Å². The molecule has 0 radical (unpaired) electrons. The standard InChI is InChI=1S/C21H18N2/c1-16-12-13-20-19(14-16)21(15-17-8-4-2-5-9-17)23(22-20)18-10-6-3-7-11-18/h2-14H,15H2,1H3. The molecule has 3 aromatic carbocycles. The van der Waals surface area contributed by atoms with E-state index in [-0.39, 0.29) is 0 Å². The van der Waals surface area contributed by atoms with Gasteiger partial charge in [0.05, 0.1) is 16.9 Å². The van der Waals surface area contributed by atoms with E-state index < -0.39 is 0 Å². The fraction of sp³-hybridized carbons (Fsp3) is 0.0952. The molecule has 112 valence electrons. The van der Waals surface area contributed by atoms with Gasteiger partial charge in [-0.15, -0.1) is 0 Å². The fourth-order valence-electron chi connectivity index (χ4n) is 2.99. The molecular weight excluding hydrogens is 280 g/mol. The molecule has 0 bridgehead atoms. The summed E-state index contributed by atoms with van der Waals surface area (Å²) in [6, 6.07) is 27.4. The van der Waals surface area contributed by atoms with Crippen molar-refractivity contribution in [2.45, 2.75) is 13.3 Å². The van der Waals surface area contributed by atoms with Crippen LogP contribution in [-0.4, -0.2) is 9.78 Å². The van der Waals surface area contributed by atoms with Gasteiger partial charge < -0.3 is 0 Å². The second-order valence-electron chi connectivity index (χ2n) is 5.88. The van der Waals surface area contributed by atoms with Gasteiger partial charge in [-0.2, -0.15) is 5.10 Å². The average Bonchev–Trinajstić information content (AvgIpc) is 2.95. The molecule has 0 fully saturated rings. The first kappa shape index (κ1) is 13.8. The van der Waals surface area contributed by atoms with E-state index in [2.05, 4.69) is 84.4 Å². The lowest BCUT2D eigenvalue weighted by Gasteiger charge is -2.08. The number of fused-ring (bicyclic) bond motifs is 1. The first-order chi connectivity index (χ1) is 11.3. The first-order valence-corrected chi connectivity index (χ1v) is 7.89. The highest BCUT2D eigenvalue weighted by atomic mass is 15.3. The maximum atomic E-state index is 4.84. The Morgan fingerprint density at radius 2 is 1.52 bits per heavy atom. The zero-order valence-electron chi connectivity index (χ0n) is 13.1. The van der Waals surface area contributed by atoms with Gasteiger partial charge in [0.2, 0.25) is 0 Å². The molecule has 0 N–H and O–H groups in total. The van der Waals surface area contributed by atoms with Crippen molar-refractivity contribution in [3.05, 3.63) is 95.7 Å². The van der Waals surface area contributed by atoms with Gasteiger partial charge >= 0.3 is 0 Å². The number of nitrogens with zero attached hydrogens (tertiary/aromatic N) is 2. The lowest BCUT2D eigenvalue weighted by molar-refractivity contribution is 0.836. The zero-order chi connectivity index (χ0) is 15.6. The number of aromatic nitrogens is 2. The van der Waals surface area contributed by atoms with E-state index in [1.54, 1.807) is 0 Å². The van der Waals surface area contributed by atoms with Crippen LogP contribution in [0.5, 0.6) is 0 Å². The molecule has 0 saturated carbocycles. The van der Waals surface area contributed by atoms with E-state index in [0.717, 1.165) is 17.6 Å². The smallest absolute Gasteiger partial charge is 0.0931 e. The molecule has 4 aromatic rings. The van der Waals surface area contributed by atoms with Crippen LogP contribution in [0.4, 0.5) is 0 Å². The summed E-state index contributed by atoms with van der Waals surface area (Å²) in [7, 11) is 0. The third kappa shape index (κ3) is 2.64. The molecular formula is C21H18N2. The number of aryl methyl sites for hydroxylation is 1. The second kappa shape index (κ2) is 5.73. The monoisotopic (exact) mass is 298 g/mol. The van der Waals surface area contributed by atoms with Gasteiger partial charge in [-0.25, -0.2) is 4.68 Å². The van der Waals surface area contributed by atoms with Gasteiger partial charge in [-0.3, -0.25) is 0 Å². The lowest BCUT2D eigenvalue weighted by atomic mass is 10.1. The molecule has 0 unspecified atom stereocenters. The van der Waals surface area contributed by atoms with Crippen molar-refractivity contribution in [2.75, 3.05) is 0 Å². The lowest BCUT2D eigenvalue weighted by Crippen LogP contribution is -2.02. The van der Waals surface area contributed by atoms with Crippen LogP contribution in [-0.2, 0) is 6.42 Å². The number of hydrogen-bond donors (Lipinski definition) is 0. The zero-order valence-corrected chi connectivity index (χ0v) is 13.1. The summed E-state index contributed by atoms with van der Waals surface area (Å²) in [5, 5.41) is 6.07. The van der Waals surface area contributed by atoms with E-state index in [0.29, 0.717) is 0 Å². The Balaban J connectivity index is 1.93.